The second kappa shape index (κ2) is 7.56. The molecule has 1 N–H and O–H groups in total. The predicted molar refractivity (Wildman–Crippen MR) is 97.9 cm³/mol. The Morgan fingerprint density at radius 2 is 1.92 bits per heavy atom. The second-order valence-corrected chi connectivity index (χ2v) is 7.55. The number of nitrogens with one attached hydrogen (secondary N) is 1. The van der Waals surface area contributed by atoms with Crippen LogP contribution in [-0.4, -0.2) is 62.5 Å². The van der Waals surface area contributed by atoms with Crippen molar-refractivity contribution in [2.75, 3.05) is 50.2 Å². The largest absolute Gasteiger partial charge is 0.381 e. The van der Waals surface area contributed by atoms with E-state index in [9.17, 15) is 4.79 Å². The Kier molecular flexibility index (Phi) is 5.42. The number of aromatic nitrogens is 2. The molecule has 0 atom stereocenters. The van der Waals surface area contributed by atoms with Crippen LogP contribution in [0.1, 0.15) is 32.6 Å². The van der Waals surface area contributed by atoms with Crippen LogP contribution in [0.5, 0.6) is 0 Å². The normalized spacial score (nSPS) is 21.0. The highest BCUT2D eigenvalue weighted by molar-refractivity contribution is 5.82. The van der Waals surface area contributed by atoms with Gasteiger partial charge in [-0.1, -0.05) is 6.92 Å². The van der Waals surface area contributed by atoms with Crippen LogP contribution in [0.25, 0.3) is 0 Å². The number of nitrogens with zero attached hydrogens (tertiary/aromatic N) is 4. The molecule has 2 aliphatic rings. The topological polar surface area (TPSA) is 70.6 Å². The van der Waals surface area contributed by atoms with Crippen molar-refractivity contribution in [1.82, 2.24) is 15.5 Å². The summed E-state index contributed by atoms with van der Waals surface area (Å²) in [6.45, 7) is 5.23. The molecule has 0 spiro atoms. The number of ether oxygens (including phenoxy) is 1. The van der Waals surface area contributed by atoms with Crippen LogP contribution in [0.4, 0.5) is 11.6 Å². The summed E-state index contributed by atoms with van der Waals surface area (Å²) in [6.07, 6.45) is 3.50. The van der Waals surface area contributed by atoms with E-state index >= 15 is 0 Å². The number of hydrogen-bond donors (Lipinski definition) is 1. The quantitative estimate of drug-likeness (QED) is 0.889. The average Bonchev–Trinajstić information content (AvgIpc) is 2.63. The van der Waals surface area contributed by atoms with Gasteiger partial charge in [-0.15, -0.1) is 10.2 Å². The SMILES string of the molecule is CN(C)c1ccc(N2CCC(C)(C(=O)NC3CCOCC3)CC2)nn1. The molecule has 7 heteroatoms. The van der Waals surface area contributed by atoms with Crippen molar-refractivity contribution in [1.29, 1.82) is 0 Å². The zero-order valence-corrected chi connectivity index (χ0v) is 15.5. The van der Waals surface area contributed by atoms with E-state index in [1.165, 1.54) is 0 Å². The summed E-state index contributed by atoms with van der Waals surface area (Å²) in [7, 11) is 3.90. The van der Waals surface area contributed by atoms with Gasteiger partial charge in [-0.05, 0) is 37.8 Å². The van der Waals surface area contributed by atoms with Gasteiger partial charge < -0.3 is 19.9 Å². The third-order valence-corrected chi connectivity index (χ3v) is 5.39. The molecule has 2 aliphatic heterocycles. The smallest absolute Gasteiger partial charge is 0.226 e. The summed E-state index contributed by atoms with van der Waals surface area (Å²) in [5.41, 5.74) is -0.300. The molecule has 0 aromatic carbocycles. The molecule has 3 rings (SSSR count). The number of piperidine rings is 1. The number of hydrogen-bond acceptors (Lipinski definition) is 6. The number of carbonyl (C=O) groups is 1. The van der Waals surface area contributed by atoms with E-state index in [-0.39, 0.29) is 17.4 Å². The van der Waals surface area contributed by atoms with E-state index in [1.807, 2.05) is 31.1 Å². The first kappa shape index (κ1) is 17.9. The van der Waals surface area contributed by atoms with Gasteiger partial charge in [-0.3, -0.25) is 4.79 Å². The van der Waals surface area contributed by atoms with Gasteiger partial charge in [0.25, 0.3) is 0 Å². The van der Waals surface area contributed by atoms with Gasteiger partial charge in [-0.2, -0.15) is 0 Å². The molecule has 0 saturated carbocycles. The predicted octanol–water partition coefficient (Wildman–Crippen LogP) is 1.44. The molecule has 0 bridgehead atoms. The van der Waals surface area contributed by atoms with Crippen LogP contribution in [0.15, 0.2) is 12.1 Å². The molecule has 7 nitrogen and oxygen atoms in total. The summed E-state index contributed by atoms with van der Waals surface area (Å²) in [5, 5.41) is 11.8. The minimum absolute atomic E-state index is 0.188. The molecule has 138 valence electrons. The number of carbonyl (C=O) groups excluding carboxylic acids is 1. The lowest BCUT2D eigenvalue weighted by Gasteiger charge is -2.39. The van der Waals surface area contributed by atoms with Gasteiger partial charge in [0.05, 0.1) is 0 Å². The molecule has 2 saturated heterocycles. The first-order chi connectivity index (χ1) is 12.0. The number of anilines is 2. The number of rotatable bonds is 4. The Bertz CT molecular complexity index is 576. The van der Waals surface area contributed by atoms with Gasteiger partial charge in [0, 0.05) is 51.9 Å². The third-order valence-electron chi connectivity index (χ3n) is 5.39. The van der Waals surface area contributed by atoms with Crippen molar-refractivity contribution in [3.63, 3.8) is 0 Å². The van der Waals surface area contributed by atoms with Crippen LogP contribution in [0.2, 0.25) is 0 Å². The van der Waals surface area contributed by atoms with Crippen LogP contribution in [-0.2, 0) is 9.53 Å². The second-order valence-electron chi connectivity index (χ2n) is 7.55. The van der Waals surface area contributed by atoms with Crippen molar-refractivity contribution in [3.05, 3.63) is 12.1 Å². The minimum atomic E-state index is -0.300. The maximum absolute atomic E-state index is 12.7. The summed E-state index contributed by atoms with van der Waals surface area (Å²) >= 11 is 0. The molecule has 0 unspecified atom stereocenters. The standard InChI is InChI=1S/C18H29N5O2/c1-18(17(24)19-14-6-12-25-13-7-14)8-10-23(11-9-18)16-5-4-15(20-21-16)22(2)3/h4-5,14H,6-13H2,1-3H3,(H,19,24). The molecule has 1 amide bonds. The van der Waals surface area contributed by atoms with Gasteiger partial charge in [-0.25, -0.2) is 0 Å². The highest BCUT2D eigenvalue weighted by Gasteiger charge is 2.38. The lowest BCUT2D eigenvalue weighted by molar-refractivity contribution is -0.132. The van der Waals surface area contributed by atoms with Gasteiger partial charge >= 0.3 is 0 Å². The fourth-order valence-corrected chi connectivity index (χ4v) is 3.38. The molecular weight excluding hydrogens is 318 g/mol. The van der Waals surface area contributed by atoms with Crippen molar-refractivity contribution in [2.45, 2.75) is 38.6 Å². The van der Waals surface area contributed by atoms with Crippen LogP contribution < -0.4 is 15.1 Å². The van der Waals surface area contributed by atoms with E-state index in [1.54, 1.807) is 0 Å². The summed E-state index contributed by atoms with van der Waals surface area (Å²) in [6, 6.07) is 4.25. The Morgan fingerprint density at radius 3 is 2.48 bits per heavy atom. The van der Waals surface area contributed by atoms with Crippen molar-refractivity contribution < 1.29 is 9.53 Å². The lowest BCUT2D eigenvalue weighted by atomic mass is 9.79. The van der Waals surface area contributed by atoms with E-state index < -0.39 is 0 Å². The van der Waals surface area contributed by atoms with Crippen LogP contribution in [0, 0.1) is 5.41 Å². The summed E-state index contributed by atoms with van der Waals surface area (Å²) in [5.74, 6) is 1.92. The highest BCUT2D eigenvalue weighted by Crippen LogP contribution is 2.33. The molecule has 0 radical (unpaired) electrons. The molecule has 0 aliphatic carbocycles. The van der Waals surface area contributed by atoms with Crippen molar-refractivity contribution in [2.24, 2.45) is 5.41 Å². The number of amides is 1. The third kappa shape index (κ3) is 4.21. The zero-order chi connectivity index (χ0) is 17.9. The first-order valence-corrected chi connectivity index (χ1v) is 9.13. The fraction of sp³-hybridized carbons (Fsp3) is 0.722. The monoisotopic (exact) mass is 347 g/mol. The van der Waals surface area contributed by atoms with E-state index in [2.05, 4.69) is 27.3 Å². The van der Waals surface area contributed by atoms with Gasteiger partial charge in [0.15, 0.2) is 11.6 Å². The lowest BCUT2D eigenvalue weighted by Crippen LogP contribution is -2.50. The Labute approximate surface area is 149 Å². The van der Waals surface area contributed by atoms with Crippen LogP contribution in [0.3, 0.4) is 0 Å². The molecule has 2 fully saturated rings. The Hall–Kier alpha value is -1.89. The average molecular weight is 347 g/mol. The van der Waals surface area contributed by atoms with Crippen molar-refractivity contribution >= 4 is 17.5 Å². The highest BCUT2D eigenvalue weighted by atomic mass is 16.5. The Morgan fingerprint density at radius 1 is 1.24 bits per heavy atom. The van der Waals surface area contributed by atoms with E-state index in [4.69, 9.17) is 4.74 Å². The zero-order valence-electron chi connectivity index (χ0n) is 15.5. The molecule has 1 aromatic rings. The van der Waals surface area contributed by atoms with Gasteiger partial charge in [0.1, 0.15) is 0 Å². The first-order valence-electron chi connectivity index (χ1n) is 9.13. The fourth-order valence-electron chi connectivity index (χ4n) is 3.38. The minimum Gasteiger partial charge on any atom is -0.381 e. The molecule has 25 heavy (non-hydrogen) atoms. The maximum Gasteiger partial charge on any atom is 0.226 e. The summed E-state index contributed by atoms with van der Waals surface area (Å²) < 4.78 is 5.36. The maximum atomic E-state index is 12.7. The Balaban J connectivity index is 1.55. The van der Waals surface area contributed by atoms with Gasteiger partial charge in [0.2, 0.25) is 5.91 Å². The summed E-state index contributed by atoms with van der Waals surface area (Å²) in [4.78, 5) is 16.9. The molecule has 1 aromatic heterocycles. The molecule has 3 heterocycles. The van der Waals surface area contributed by atoms with Crippen LogP contribution >= 0.6 is 0 Å². The van der Waals surface area contributed by atoms with Crippen molar-refractivity contribution in [3.8, 4) is 0 Å². The molecular formula is C18H29N5O2. The van der Waals surface area contributed by atoms with E-state index in [0.29, 0.717) is 0 Å². The van der Waals surface area contributed by atoms with E-state index in [0.717, 1.165) is 63.6 Å².